The molecule has 0 unspecified atom stereocenters. The second kappa shape index (κ2) is 8.04. The Morgan fingerprint density at radius 3 is 2.75 bits per heavy atom. The standard InChI is InChI=1S/C15H20BrNO3/c1-4-7-20-15-6-5-13(16)9-12(15)10-14(17(18)19)8-11(2)3/h5-6,9-11H,4,7-8H2,1-3H3. The lowest BCUT2D eigenvalue weighted by atomic mass is 10.1. The molecule has 0 fully saturated rings. The summed E-state index contributed by atoms with van der Waals surface area (Å²) in [6.07, 6.45) is 2.94. The Hall–Kier alpha value is -1.36. The van der Waals surface area contributed by atoms with Gasteiger partial charge < -0.3 is 4.74 Å². The van der Waals surface area contributed by atoms with E-state index in [0.717, 1.165) is 16.5 Å². The highest BCUT2D eigenvalue weighted by Crippen LogP contribution is 2.27. The molecular formula is C15H20BrNO3. The number of nitrogens with zero attached hydrogens (tertiary/aromatic N) is 1. The van der Waals surface area contributed by atoms with Crippen molar-refractivity contribution >= 4 is 22.0 Å². The first-order valence-corrected chi connectivity index (χ1v) is 7.50. The summed E-state index contributed by atoms with van der Waals surface area (Å²) in [5, 5.41) is 11.1. The normalized spacial score (nSPS) is 11.8. The predicted molar refractivity (Wildman–Crippen MR) is 84.4 cm³/mol. The van der Waals surface area contributed by atoms with Gasteiger partial charge in [-0.1, -0.05) is 36.7 Å². The smallest absolute Gasteiger partial charge is 0.247 e. The van der Waals surface area contributed by atoms with Crippen LogP contribution < -0.4 is 4.74 Å². The van der Waals surface area contributed by atoms with Crippen molar-refractivity contribution in [2.75, 3.05) is 6.61 Å². The van der Waals surface area contributed by atoms with Crippen molar-refractivity contribution in [2.24, 2.45) is 5.92 Å². The second-order valence-electron chi connectivity index (χ2n) is 5.02. The lowest BCUT2D eigenvalue weighted by Crippen LogP contribution is -2.03. The van der Waals surface area contributed by atoms with Gasteiger partial charge in [0, 0.05) is 22.5 Å². The topological polar surface area (TPSA) is 52.4 Å². The van der Waals surface area contributed by atoms with Crippen LogP contribution in [0.2, 0.25) is 0 Å². The number of benzene rings is 1. The Labute approximate surface area is 128 Å². The summed E-state index contributed by atoms with van der Waals surface area (Å²) >= 11 is 3.39. The van der Waals surface area contributed by atoms with Gasteiger partial charge in [0.1, 0.15) is 5.75 Å². The summed E-state index contributed by atoms with van der Waals surface area (Å²) in [5.41, 5.74) is 0.944. The van der Waals surface area contributed by atoms with Crippen LogP contribution in [-0.2, 0) is 0 Å². The number of allylic oxidation sites excluding steroid dienone is 1. The molecule has 1 aromatic carbocycles. The van der Waals surface area contributed by atoms with E-state index in [1.54, 1.807) is 6.08 Å². The van der Waals surface area contributed by atoms with Gasteiger partial charge in [0.2, 0.25) is 5.70 Å². The fourth-order valence-electron chi connectivity index (χ4n) is 1.76. The highest BCUT2D eigenvalue weighted by atomic mass is 79.9. The van der Waals surface area contributed by atoms with E-state index in [4.69, 9.17) is 4.74 Å². The molecule has 110 valence electrons. The SMILES string of the molecule is CCCOc1ccc(Br)cc1C=C(CC(C)C)[N+](=O)[O-]. The van der Waals surface area contributed by atoms with E-state index in [9.17, 15) is 10.1 Å². The molecule has 20 heavy (non-hydrogen) atoms. The van der Waals surface area contributed by atoms with Crippen LogP contribution in [0.5, 0.6) is 5.75 Å². The van der Waals surface area contributed by atoms with Crippen LogP contribution in [0, 0.1) is 16.0 Å². The molecule has 0 aromatic heterocycles. The van der Waals surface area contributed by atoms with Crippen molar-refractivity contribution in [3.63, 3.8) is 0 Å². The maximum absolute atomic E-state index is 11.1. The molecule has 0 saturated heterocycles. The molecular weight excluding hydrogens is 322 g/mol. The molecule has 5 heteroatoms. The van der Waals surface area contributed by atoms with Crippen molar-refractivity contribution in [1.82, 2.24) is 0 Å². The number of halogens is 1. The summed E-state index contributed by atoms with van der Waals surface area (Å²) in [6.45, 7) is 6.55. The number of nitro groups is 1. The molecule has 0 aliphatic carbocycles. The summed E-state index contributed by atoms with van der Waals surface area (Å²) < 4.78 is 6.51. The first-order chi connectivity index (χ1) is 9.43. The van der Waals surface area contributed by atoms with Crippen LogP contribution in [-0.4, -0.2) is 11.5 Å². The summed E-state index contributed by atoms with van der Waals surface area (Å²) in [6, 6.07) is 5.55. The fourth-order valence-corrected chi connectivity index (χ4v) is 2.14. The highest BCUT2D eigenvalue weighted by molar-refractivity contribution is 9.10. The monoisotopic (exact) mass is 341 g/mol. The largest absolute Gasteiger partial charge is 0.493 e. The highest BCUT2D eigenvalue weighted by Gasteiger charge is 2.15. The number of ether oxygens (including phenoxy) is 1. The number of hydrogen-bond acceptors (Lipinski definition) is 3. The van der Waals surface area contributed by atoms with E-state index < -0.39 is 0 Å². The quantitative estimate of drug-likeness (QED) is 0.523. The average Bonchev–Trinajstić information content (AvgIpc) is 2.36. The van der Waals surface area contributed by atoms with Gasteiger partial charge in [0.15, 0.2) is 0 Å². The maximum Gasteiger partial charge on any atom is 0.247 e. The molecule has 1 rings (SSSR count). The second-order valence-corrected chi connectivity index (χ2v) is 5.94. The Bertz CT molecular complexity index is 498. The zero-order valence-corrected chi connectivity index (χ0v) is 13.6. The molecule has 0 spiro atoms. The molecule has 0 amide bonds. The molecule has 0 aliphatic rings. The van der Waals surface area contributed by atoms with Gasteiger partial charge in [-0.05, 0) is 30.5 Å². The van der Waals surface area contributed by atoms with Crippen LogP contribution in [0.4, 0.5) is 0 Å². The van der Waals surface area contributed by atoms with Gasteiger partial charge in [-0.15, -0.1) is 0 Å². The predicted octanol–water partition coefficient (Wildman–Crippen LogP) is 4.90. The van der Waals surface area contributed by atoms with Gasteiger partial charge in [-0.25, -0.2) is 0 Å². The Morgan fingerprint density at radius 2 is 2.20 bits per heavy atom. The van der Waals surface area contributed by atoms with E-state index >= 15 is 0 Å². The maximum atomic E-state index is 11.1. The Balaban J connectivity index is 3.13. The average molecular weight is 342 g/mol. The Kier molecular flexibility index (Phi) is 6.71. The molecule has 0 bridgehead atoms. The molecule has 0 N–H and O–H groups in total. The van der Waals surface area contributed by atoms with Crippen molar-refractivity contribution in [3.8, 4) is 5.75 Å². The third kappa shape index (κ3) is 5.33. The molecule has 0 aliphatic heterocycles. The van der Waals surface area contributed by atoms with Crippen molar-refractivity contribution in [3.05, 3.63) is 44.0 Å². The van der Waals surface area contributed by atoms with E-state index in [0.29, 0.717) is 18.8 Å². The van der Waals surface area contributed by atoms with Gasteiger partial charge in [-0.2, -0.15) is 0 Å². The lowest BCUT2D eigenvalue weighted by Gasteiger charge is -2.09. The zero-order chi connectivity index (χ0) is 15.1. The first-order valence-electron chi connectivity index (χ1n) is 6.71. The number of hydrogen-bond donors (Lipinski definition) is 0. The van der Waals surface area contributed by atoms with E-state index in [2.05, 4.69) is 15.9 Å². The summed E-state index contributed by atoms with van der Waals surface area (Å²) in [7, 11) is 0. The fraction of sp³-hybridized carbons (Fsp3) is 0.467. The molecule has 0 saturated carbocycles. The van der Waals surface area contributed by atoms with Gasteiger partial charge in [0.25, 0.3) is 0 Å². The van der Waals surface area contributed by atoms with Crippen molar-refractivity contribution < 1.29 is 9.66 Å². The van der Waals surface area contributed by atoms with Gasteiger partial charge in [-0.3, -0.25) is 10.1 Å². The van der Waals surface area contributed by atoms with Gasteiger partial charge >= 0.3 is 0 Å². The first kappa shape index (κ1) is 16.7. The minimum atomic E-state index is -0.315. The molecule has 0 atom stereocenters. The van der Waals surface area contributed by atoms with Gasteiger partial charge in [0.05, 0.1) is 11.5 Å². The minimum absolute atomic E-state index is 0.208. The van der Waals surface area contributed by atoms with Crippen LogP contribution in [0.15, 0.2) is 28.4 Å². The number of rotatable bonds is 7. The van der Waals surface area contributed by atoms with Crippen LogP contribution in [0.3, 0.4) is 0 Å². The van der Waals surface area contributed by atoms with Crippen LogP contribution in [0.25, 0.3) is 6.08 Å². The van der Waals surface area contributed by atoms with Crippen LogP contribution in [0.1, 0.15) is 39.2 Å². The molecule has 0 heterocycles. The molecule has 1 aromatic rings. The molecule has 4 nitrogen and oxygen atoms in total. The van der Waals surface area contributed by atoms with E-state index in [1.807, 2.05) is 39.0 Å². The zero-order valence-electron chi connectivity index (χ0n) is 12.1. The van der Waals surface area contributed by atoms with Crippen LogP contribution >= 0.6 is 15.9 Å². The van der Waals surface area contributed by atoms with E-state index in [-0.39, 0.29) is 16.5 Å². The van der Waals surface area contributed by atoms with Crippen molar-refractivity contribution in [2.45, 2.75) is 33.6 Å². The van der Waals surface area contributed by atoms with E-state index in [1.165, 1.54) is 0 Å². The third-order valence-electron chi connectivity index (χ3n) is 2.61. The molecule has 0 radical (unpaired) electrons. The van der Waals surface area contributed by atoms with Crippen molar-refractivity contribution in [1.29, 1.82) is 0 Å². The Morgan fingerprint density at radius 1 is 1.50 bits per heavy atom. The minimum Gasteiger partial charge on any atom is -0.493 e. The summed E-state index contributed by atoms with van der Waals surface area (Å²) in [5.74, 6) is 0.914. The lowest BCUT2D eigenvalue weighted by molar-refractivity contribution is -0.427. The summed E-state index contributed by atoms with van der Waals surface area (Å²) in [4.78, 5) is 10.8. The third-order valence-corrected chi connectivity index (χ3v) is 3.10.